The Morgan fingerprint density at radius 2 is 1.10 bits per heavy atom. The molecule has 10 aromatic carbocycles. The van der Waals surface area contributed by atoms with Gasteiger partial charge in [-0.1, -0.05) is 153 Å². The predicted octanol–water partition coefficient (Wildman–Crippen LogP) is 16.3. The Bertz CT molecular complexity index is 3890. The van der Waals surface area contributed by atoms with Crippen molar-refractivity contribution in [1.82, 2.24) is 4.57 Å². The highest BCUT2D eigenvalue weighted by Crippen LogP contribution is 2.45. The van der Waals surface area contributed by atoms with E-state index in [0.717, 1.165) is 85.8 Å². The van der Waals surface area contributed by atoms with E-state index in [0.29, 0.717) is 0 Å². The van der Waals surface area contributed by atoms with Gasteiger partial charge in [0, 0.05) is 73.7 Å². The fraction of sp³-hybridized carbons (Fsp3) is 0.0448. The van der Waals surface area contributed by atoms with Gasteiger partial charge in [-0.25, -0.2) is 0 Å². The highest BCUT2D eigenvalue weighted by atomic mass is 16.5. The van der Waals surface area contributed by atoms with Crippen molar-refractivity contribution in [2.24, 2.45) is 0 Å². The number of fused-ring (bicyclic) bond motifs is 7. The molecule has 348 valence electrons. The first-order chi connectivity index (χ1) is 36.1. The second-order valence-corrected chi connectivity index (χ2v) is 18.7. The van der Waals surface area contributed by atoms with Crippen LogP contribution in [0.2, 0.25) is 0 Å². The molecular formula is C67H51BN4O. The highest BCUT2D eigenvalue weighted by molar-refractivity contribution is 6.99. The number of allylic oxidation sites excluding steroid dienone is 3. The summed E-state index contributed by atoms with van der Waals surface area (Å²) in [4.78, 5) is 7.16. The average molecular weight is 939 g/mol. The molecule has 0 atom stereocenters. The van der Waals surface area contributed by atoms with Crippen LogP contribution in [0.15, 0.2) is 267 Å². The van der Waals surface area contributed by atoms with Gasteiger partial charge in [0.05, 0.1) is 11.0 Å². The van der Waals surface area contributed by atoms with Crippen LogP contribution in [0.3, 0.4) is 0 Å². The molecule has 0 bridgehead atoms. The Kier molecular flexibility index (Phi) is 11.1. The summed E-state index contributed by atoms with van der Waals surface area (Å²) in [7, 11) is 0. The fourth-order valence-electron chi connectivity index (χ4n) is 11.2. The third-order valence-corrected chi connectivity index (χ3v) is 14.5. The van der Waals surface area contributed by atoms with Crippen LogP contribution in [0.4, 0.5) is 45.5 Å². The zero-order valence-corrected chi connectivity index (χ0v) is 40.8. The molecule has 0 amide bonds. The van der Waals surface area contributed by atoms with E-state index in [4.69, 9.17) is 4.74 Å². The van der Waals surface area contributed by atoms with Crippen molar-refractivity contribution in [1.29, 1.82) is 0 Å². The third-order valence-electron chi connectivity index (χ3n) is 14.5. The number of nitrogens with zero attached hydrogens (tertiary/aromatic N) is 4. The molecule has 3 heterocycles. The molecule has 11 aromatic rings. The summed E-state index contributed by atoms with van der Waals surface area (Å²) in [6, 6.07) is 87.6. The van der Waals surface area contributed by atoms with E-state index in [1.165, 1.54) is 38.3 Å². The number of anilines is 8. The van der Waals surface area contributed by atoms with Gasteiger partial charge in [0.25, 0.3) is 6.71 Å². The molecule has 0 saturated heterocycles. The number of rotatable bonds is 11. The second kappa shape index (κ2) is 18.5. The molecule has 0 unspecified atom stereocenters. The van der Waals surface area contributed by atoms with Gasteiger partial charge < -0.3 is 24.0 Å². The summed E-state index contributed by atoms with van der Waals surface area (Å²) >= 11 is 0. The summed E-state index contributed by atoms with van der Waals surface area (Å²) in [5.74, 6) is 1.71. The van der Waals surface area contributed by atoms with Crippen LogP contribution in [0.25, 0.3) is 38.6 Å². The van der Waals surface area contributed by atoms with E-state index in [2.05, 4.69) is 294 Å². The van der Waals surface area contributed by atoms with Gasteiger partial charge in [0.15, 0.2) is 0 Å². The van der Waals surface area contributed by atoms with E-state index < -0.39 is 0 Å². The van der Waals surface area contributed by atoms with Gasteiger partial charge in [-0.3, -0.25) is 0 Å². The van der Waals surface area contributed by atoms with E-state index in [1.54, 1.807) is 0 Å². The fourth-order valence-corrected chi connectivity index (χ4v) is 11.2. The van der Waals surface area contributed by atoms with Gasteiger partial charge in [-0.05, 0) is 150 Å². The van der Waals surface area contributed by atoms with Crippen LogP contribution in [-0.4, -0.2) is 11.3 Å². The maximum Gasteiger partial charge on any atom is 0.256 e. The number of aromatic nitrogens is 1. The summed E-state index contributed by atoms with van der Waals surface area (Å²) in [5.41, 5.74) is 19.1. The van der Waals surface area contributed by atoms with Crippen LogP contribution in [0.5, 0.6) is 11.5 Å². The van der Waals surface area contributed by atoms with Crippen LogP contribution in [-0.2, 0) is 0 Å². The maximum absolute atomic E-state index is 7.17. The smallest absolute Gasteiger partial charge is 0.256 e. The van der Waals surface area contributed by atoms with E-state index in [-0.39, 0.29) is 6.71 Å². The lowest BCUT2D eigenvalue weighted by Gasteiger charge is -2.41. The first-order valence-corrected chi connectivity index (χ1v) is 25.3. The summed E-state index contributed by atoms with van der Waals surface area (Å²) in [6.45, 7) is 4.22. The number of hydrogen-bond acceptors (Lipinski definition) is 4. The van der Waals surface area contributed by atoms with Crippen molar-refractivity contribution in [2.45, 2.75) is 20.3 Å². The average Bonchev–Trinajstić information content (AvgIpc) is 3.79. The zero-order chi connectivity index (χ0) is 48.8. The molecule has 5 nitrogen and oxygen atoms in total. The van der Waals surface area contributed by atoms with Crippen molar-refractivity contribution in [3.05, 3.63) is 267 Å². The molecule has 73 heavy (non-hydrogen) atoms. The quantitative estimate of drug-likeness (QED) is 0.0952. The van der Waals surface area contributed by atoms with Crippen molar-refractivity contribution >= 4 is 90.4 Å². The molecule has 2 aliphatic heterocycles. The van der Waals surface area contributed by atoms with Crippen molar-refractivity contribution in [2.75, 3.05) is 14.7 Å². The first-order valence-electron chi connectivity index (χ1n) is 25.3. The molecule has 1 aromatic heterocycles. The number of para-hydroxylation sites is 4. The van der Waals surface area contributed by atoms with Crippen LogP contribution < -0.4 is 35.8 Å². The van der Waals surface area contributed by atoms with Gasteiger partial charge in [-0.15, -0.1) is 0 Å². The van der Waals surface area contributed by atoms with E-state index in [1.807, 2.05) is 0 Å². The molecule has 0 N–H and O–H groups in total. The van der Waals surface area contributed by atoms with Crippen LogP contribution in [0, 0.1) is 0 Å². The Hall–Kier alpha value is -9.26. The minimum Gasteiger partial charge on any atom is -0.458 e. The lowest BCUT2D eigenvalue weighted by molar-refractivity contribution is 0.487. The Labute approximate surface area is 427 Å². The SMILES string of the molecule is C/C=C(\C=C/CC)N(c1ccccc1)c1ccc2c(c1)N(c1ccccc1)c1cccc3c1B2c1ccc(N(c2ccc(-c4ccccc4)cc2)c2ccc4c(c2)c2ccccc2n4-c2ccccc2)cc1O3. The number of hydrogen-bond donors (Lipinski definition) is 0. The largest absolute Gasteiger partial charge is 0.458 e. The monoisotopic (exact) mass is 938 g/mol. The maximum atomic E-state index is 7.17. The highest BCUT2D eigenvalue weighted by Gasteiger charge is 2.42. The molecule has 0 fully saturated rings. The minimum atomic E-state index is -0.0848. The van der Waals surface area contributed by atoms with Gasteiger partial charge in [0.2, 0.25) is 0 Å². The number of benzene rings is 10. The summed E-state index contributed by atoms with van der Waals surface area (Å²) in [6.07, 6.45) is 7.61. The lowest BCUT2D eigenvalue weighted by Crippen LogP contribution is -2.59. The van der Waals surface area contributed by atoms with Crippen LogP contribution >= 0.6 is 0 Å². The summed E-state index contributed by atoms with van der Waals surface area (Å²) in [5, 5.41) is 2.40. The van der Waals surface area contributed by atoms with Gasteiger partial charge >= 0.3 is 0 Å². The van der Waals surface area contributed by atoms with Gasteiger partial charge in [-0.2, -0.15) is 0 Å². The van der Waals surface area contributed by atoms with Crippen molar-refractivity contribution in [3.8, 4) is 28.3 Å². The lowest BCUT2D eigenvalue weighted by atomic mass is 9.34. The zero-order valence-electron chi connectivity index (χ0n) is 40.8. The molecule has 0 spiro atoms. The predicted molar refractivity (Wildman–Crippen MR) is 309 cm³/mol. The van der Waals surface area contributed by atoms with E-state index in [9.17, 15) is 0 Å². The first kappa shape index (κ1) is 43.7. The molecule has 0 saturated carbocycles. The normalized spacial score (nSPS) is 12.7. The number of ether oxygens (including phenoxy) is 1. The molecule has 6 heteroatoms. The molecule has 0 aliphatic carbocycles. The molecule has 13 rings (SSSR count). The minimum absolute atomic E-state index is 0.0848. The summed E-state index contributed by atoms with van der Waals surface area (Å²) < 4.78 is 9.54. The molecular weight excluding hydrogens is 888 g/mol. The Morgan fingerprint density at radius 3 is 1.85 bits per heavy atom. The second-order valence-electron chi connectivity index (χ2n) is 18.7. The Morgan fingerprint density at radius 1 is 0.479 bits per heavy atom. The van der Waals surface area contributed by atoms with Crippen molar-refractivity contribution < 1.29 is 4.74 Å². The standard InChI is InChI=1S/C67H51BN4O/c1-3-5-23-49(4-2)69(50-24-12-7-13-25-50)55-38-41-59-64(45-55)72(52-28-16-9-17-29-52)63-32-20-33-65-67(63)68(59)60-42-39-56(46-66(60)73-65)70(53-36-34-48(35-37-53)47-21-10-6-11-22-47)54-40-43-62-58(44-54)57-30-18-19-31-61(57)71(62)51-26-14-8-15-27-51/h4-46H,3H2,1-2H3/b23-5-,49-4+. The van der Waals surface area contributed by atoms with E-state index >= 15 is 0 Å². The van der Waals surface area contributed by atoms with Crippen LogP contribution in [0.1, 0.15) is 20.3 Å². The Balaban J connectivity index is 0.982. The van der Waals surface area contributed by atoms with Crippen molar-refractivity contribution in [3.63, 3.8) is 0 Å². The third kappa shape index (κ3) is 7.58. The topological polar surface area (TPSA) is 23.9 Å². The van der Waals surface area contributed by atoms with Gasteiger partial charge in [0.1, 0.15) is 11.5 Å². The molecule has 0 radical (unpaired) electrons. The molecule has 2 aliphatic rings.